The van der Waals surface area contributed by atoms with Gasteiger partial charge in [-0.2, -0.15) is 0 Å². The van der Waals surface area contributed by atoms with E-state index in [-0.39, 0.29) is 17.6 Å². The number of non-ortho nitro benzene ring substituents is 1. The van der Waals surface area contributed by atoms with Crippen LogP contribution in [0.15, 0.2) is 18.2 Å². The zero-order valence-corrected chi connectivity index (χ0v) is 8.97. The molecule has 1 aliphatic heterocycles. The van der Waals surface area contributed by atoms with Gasteiger partial charge in [-0.15, -0.1) is 0 Å². The summed E-state index contributed by atoms with van der Waals surface area (Å²) in [4.78, 5) is 21.0. The van der Waals surface area contributed by atoms with E-state index in [1.165, 1.54) is 12.1 Å². The molecule has 1 aromatic carbocycles. The molecule has 0 radical (unpaired) electrons. The Morgan fingerprint density at radius 1 is 1.53 bits per heavy atom. The van der Waals surface area contributed by atoms with Crippen LogP contribution in [0.2, 0.25) is 0 Å². The molecule has 1 amide bonds. The van der Waals surface area contributed by atoms with Gasteiger partial charge in [0.05, 0.1) is 22.3 Å². The van der Waals surface area contributed by atoms with Crippen molar-refractivity contribution in [1.82, 2.24) is 5.32 Å². The van der Waals surface area contributed by atoms with E-state index in [9.17, 15) is 14.9 Å². The number of nitro groups is 1. The first kappa shape index (κ1) is 11.2. The lowest BCUT2D eigenvalue weighted by Crippen LogP contribution is -2.22. The Hall–Kier alpha value is -2.31. The molecular formula is C10H12N4O3. The predicted molar refractivity (Wildman–Crippen MR) is 62.5 cm³/mol. The summed E-state index contributed by atoms with van der Waals surface area (Å²) >= 11 is 0. The number of carbonyl (C=O) groups excluding carboxylic acids is 1. The van der Waals surface area contributed by atoms with E-state index in [2.05, 4.69) is 10.6 Å². The molecule has 4 N–H and O–H groups in total. The van der Waals surface area contributed by atoms with Crippen molar-refractivity contribution < 1.29 is 9.72 Å². The van der Waals surface area contributed by atoms with Gasteiger partial charge in [-0.05, 0) is 6.07 Å². The first-order valence-electron chi connectivity index (χ1n) is 5.13. The Morgan fingerprint density at radius 2 is 2.29 bits per heavy atom. The third-order valence-electron chi connectivity index (χ3n) is 2.58. The summed E-state index contributed by atoms with van der Waals surface area (Å²) in [6, 6.07) is 4.21. The number of rotatable bonds is 3. The standard InChI is InChI=1S/C10H12N4O3/c11-8-4-7(14(16)17)1-2-9(8)13-6-3-10(15)12-5-6/h1-2,4,6,13H,3,5,11H2,(H,12,15). The minimum atomic E-state index is -0.499. The topological polar surface area (TPSA) is 110 Å². The number of nitro benzene ring substituents is 1. The summed E-state index contributed by atoms with van der Waals surface area (Å²) in [5, 5.41) is 16.3. The van der Waals surface area contributed by atoms with E-state index in [1.807, 2.05) is 0 Å². The number of nitrogens with two attached hydrogens (primary N) is 1. The summed E-state index contributed by atoms with van der Waals surface area (Å²) in [5.74, 6) is -0.0111. The van der Waals surface area contributed by atoms with E-state index in [1.54, 1.807) is 6.07 Å². The van der Waals surface area contributed by atoms with E-state index in [0.29, 0.717) is 24.3 Å². The van der Waals surface area contributed by atoms with Gasteiger partial charge < -0.3 is 16.4 Å². The van der Waals surface area contributed by atoms with Gasteiger partial charge in [0.1, 0.15) is 0 Å². The number of carbonyl (C=O) groups is 1. The van der Waals surface area contributed by atoms with Crippen molar-refractivity contribution in [1.29, 1.82) is 0 Å². The molecule has 17 heavy (non-hydrogen) atoms. The number of benzene rings is 1. The summed E-state index contributed by atoms with van der Waals surface area (Å²) < 4.78 is 0. The Kier molecular flexibility index (Phi) is 2.82. The van der Waals surface area contributed by atoms with Crippen LogP contribution in [0.25, 0.3) is 0 Å². The van der Waals surface area contributed by atoms with Crippen LogP contribution in [-0.4, -0.2) is 23.4 Å². The fourth-order valence-corrected chi connectivity index (χ4v) is 1.72. The van der Waals surface area contributed by atoms with Gasteiger partial charge in [0.25, 0.3) is 5.69 Å². The summed E-state index contributed by atoms with van der Waals surface area (Å²) in [7, 11) is 0. The fraction of sp³-hybridized carbons (Fsp3) is 0.300. The quantitative estimate of drug-likeness (QED) is 0.401. The van der Waals surface area contributed by atoms with Crippen molar-refractivity contribution >= 4 is 23.0 Å². The van der Waals surface area contributed by atoms with Crippen LogP contribution >= 0.6 is 0 Å². The lowest BCUT2D eigenvalue weighted by molar-refractivity contribution is -0.384. The van der Waals surface area contributed by atoms with Crippen LogP contribution in [-0.2, 0) is 4.79 Å². The van der Waals surface area contributed by atoms with Gasteiger partial charge in [-0.1, -0.05) is 0 Å². The Balaban J connectivity index is 2.11. The number of nitrogens with one attached hydrogen (secondary N) is 2. The molecule has 0 spiro atoms. The van der Waals surface area contributed by atoms with Crippen LogP contribution in [0.5, 0.6) is 0 Å². The van der Waals surface area contributed by atoms with Crippen molar-refractivity contribution in [3.8, 4) is 0 Å². The molecule has 0 aromatic heterocycles. The van der Waals surface area contributed by atoms with Gasteiger partial charge in [-0.3, -0.25) is 14.9 Å². The van der Waals surface area contributed by atoms with Crippen molar-refractivity contribution in [2.45, 2.75) is 12.5 Å². The fourth-order valence-electron chi connectivity index (χ4n) is 1.72. The smallest absolute Gasteiger partial charge is 0.271 e. The highest BCUT2D eigenvalue weighted by molar-refractivity contribution is 5.80. The molecular weight excluding hydrogens is 224 g/mol. The minimum absolute atomic E-state index is 0.0111. The zero-order chi connectivity index (χ0) is 12.4. The zero-order valence-electron chi connectivity index (χ0n) is 8.97. The van der Waals surface area contributed by atoms with Crippen molar-refractivity contribution in [2.24, 2.45) is 0 Å². The molecule has 0 saturated carbocycles. The van der Waals surface area contributed by atoms with Crippen LogP contribution in [0.4, 0.5) is 17.1 Å². The monoisotopic (exact) mass is 236 g/mol. The van der Waals surface area contributed by atoms with E-state index >= 15 is 0 Å². The number of nitrogens with zero attached hydrogens (tertiary/aromatic N) is 1. The lowest BCUT2D eigenvalue weighted by atomic mass is 10.2. The molecule has 1 aliphatic rings. The van der Waals surface area contributed by atoms with Gasteiger partial charge in [-0.25, -0.2) is 0 Å². The number of nitrogen functional groups attached to an aromatic ring is 1. The molecule has 7 nitrogen and oxygen atoms in total. The first-order valence-corrected chi connectivity index (χ1v) is 5.13. The molecule has 1 heterocycles. The number of amides is 1. The van der Waals surface area contributed by atoms with Gasteiger partial charge in [0.2, 0.25) is 5.91 Å². The molecule has 1 saturated heterocycles. The summed E-state index contributed by atoms with van der Waals surface area (Å²) in [5.41, 5.74) is 6.56. The molecule has 1 unspecified atom stereocenters. The van der Waals surface area contributed by atoms with Crippen molar-refractivity contribution in [2.75, 3.05) is 17.6 Å². The molecule has 90 valence electrons. The largest absolute Gasteiger partial charge is 0.397 e. The third kappa shape index (κ3) is 2.44. The van der Waals surface area contributed by atoms with Crippen LogP contribution in [0, 0.1) is 10.1 Å². The first-order chi connectivity index (χ1) is 8.06. The van der Waals surface area contributed by atoms with Gasteiger partial charge >= 0.3 is 0 Å². The van der Waals surface area contributed by atoms with Gasteiger partial charge in [0.15, 0.2) is 0 Å². The SMILES string of the molecule is Nc1cc([N+](=O)[O-])ccc1NC1CNC(=O)C1. The highest BCUT2D eigenvalue weighted by Gasteiger charge is 2.21. The van der Waals surface area contributed by atoms with Crippen LogP contribution < -0.4 is 16.4 Å². The van der Waals surface area contributed by atoms with Crippen molar-refractivity contribution in [3.63, 3.8) is 0 Å². The Bertz CT molecular complexity index is 475. The van der Waals surface area contributed by atoms with Gasteiger partial charge in [0, 0.05) is 25.1 Å². The van der Waals surface area contributed by atoms with E-state index in [4.69, 9.17) is 5.73 Å². The molecule has 1 fully saturated rings. The second-order valence-electron chi connectivity index (χ2n) is 3.88. The molecule has 1 aromatic rings. The van der Waals surface area contributed by atoms with Crippen LogP contribution in [0.1, 0.15) is 6.42 Å². The Labute approximate surface area is 97.1 Å². The summed E-state index contributed by atoms with van der Waals surface area (Å²) in [6.07, 6.45) is 0.385. The maximum Gasteiger partial charge on any atom is 0.271 e. The predicted octanol–water partition coefficient (Wildman–Crippen LogP) is 0.477. The number of hydrogen-bond donors (Lipinski definition) is 3. The highest BCUT2D eigenvalue weighted by atomic mass is 16.6. The molecule has 0 bridgehead atoms. The summed E-state index contributed by atoms with van der Waals surface area (Å²) in [6.45, 7) is 0.537. The maximum atomic E-state index is 11.0. The molecule has 1 atom stereocenters. The lowest BCUT2D eigenvalue weighted by Gasteiger charge is -2.13. The average molecular weight is 236 g/mol. The van der Waals surface area contributed by atoms with E-state index < -0.39 is 4.92 Å². The Morgan fingerprint density at radius 3 is 2.82 bits per heavy atom. The number of anilines is 2. The molecule has 7 heteroatoms. The maximum absolute atomic E-state index is 11.0. The van der Waals surface area contributed by atoms with Crippen molar-refractivity contribution in [3.05, 3.63) is 28.3 Å². The number of hydrogen-bond acceptors (Lipinski definition) is 5. The average Bonchev–Trinajstić information content (AvgIpc) is 2.67. The highest BCUT2D eigenvalue weighted by Crippen LogP contribution is 2.25. The molecule has 2 rings (SSSR count). The normalized spacial score (nSPS) is 18.8. The third-order valence-corrected chi connectivity index (χ3v) is 2.58. The van der Waals surface area contributed by atoms with Crippen LogP contribution in [0.3, 0.4) is 0 Å². The molecule has 0 aliphatic carbocycles. The second kappa shape index (κ2) is 4.28. The van der Waals surface area contributed by atoms with E-state index in [0.717, 1.165) is 0 Å². The minimum Gasteiger partial charge on any atom is -0.397 e. The second-order valence-corrected chi connectivity index (χ2v) is 3.88.